The molecule has 84 valence electrons. The molecule has 0 aliphatic rings. The number of fused-ring (bicyclic) bond motifs is 1. The lowest BCUT2D eigenvalue weighted by Gasteiger charge is -2.00. The van der Waals surface area contributed by atoms with Gasteiger partial charge in [0.25, 0.3) is 0 Å². The van der Waals surface area contributed by atoms with Crippen molar-refractivity contribution in [3.05, 3.63) is 53.2 Å². The van der Waals surface area contributed by atoms with Crippen molar-refractivity contribution in [3.63, 3.8) is 0 Å². The van der Waals surface area contributed by atoms with Gasteiger partial charge in [-0.15, -0.1) is 10.2 Å². The summed E-state index contributed by atoms with van der Waals surface area (Å²) < 4.78 is 1.90. The summed E-state index contributed by atoms with van der Waals surface area (Å²) in [6.07, 6.45) is 1.91. The summed E-state index contributed by atoms with van der Waals surface area (Å²) in [5, 5.41) is 8.89. The molecule has 2 aromatic heterocycles. The fourth-order valence-corrected chi connectivity index (χ4v) is 1.98. The molecule has 3 aromatic rings. The molecule has 0 fully saturated rings. The molecule has 0 atom stereocenters. The van der Waals surface area contributed by atoms with Crippen molar-refractivity contribution in [2.24, 2.45) is 0 Å². The van der Waals surface area contributed by atoms with Crippen molar-refractivity contribution in [3.8, 4) is 11.4 Å². The number of pyridine rings is 1. The lowest BCUT2D eigenvalue weighted by molar-refractivity contribution is 1.11. The number of aryl methyl sites for hydroxylation is 1. The Morgan fingerprint density at radius 3 is 2.59 bits per heavy atom. The van der Waals surface area contributed by atoms with Crippen LogP contribution in [0.5, 0.6) is 0 Å². The van der Waals surface area contributed by atoms with E-state index in [1.807, 2.05) is 34.9 Å². The van der Waals surface area contributed by atoms with Gasteiger partial charge in [0.1, 0.15) is 0 Å². The number of hydrogen-bond acceptors (Lipinski definition) is 2. The highest BCUT2D eigenvalue weighted by Crippen LogP contribution is 2.22. The lowest BCUT2D eigenvalue weighted by Crippen LogP contribution is -1.89. The quantitative estimate of drug-likeness (QED) is 0.656. The highest BCUT2D eigenvalue weighted by atomic mass is 35.5. The Morgan fingerprint density at radius 1 is 1.06 bits per heavy atom. The van der Waals surface area contributed by atoms with Crippen LogP contribution in [0.1, 0.15) is 5.56 Å². The Balaban J connectivity index is 2.24. The van der Waals surface area contributed by atoms with E-state index in [-0.39, 0.29) is 0 Å². The summed E-state index contributed by atoms with van der Waals surface area (Å²) in [7, 11) is 0. The highest BCUT2D eigenvalue weighted by Gasteiger charge is 2.09. The average molecular weight is 244 g/mol. The monoisotopic (exact) mass is 243 g/mol. The Bertz CT molecular complexity index is 671. The van der Waals surface area contributed by atoms with E-state index in [1.54, 1.807) is 0 Å². The molecule has 0 saturated carbocycles. The summed E-state index contributed by atoms with van der Waals surface area (Å²) in [5.41, 5.74) is 2.94. The molecule has 0 saturated heterocycles. The Labute approximate surface area is 104 Å². The molecule has 0 N–H and O–H groups in total. The molecule has 0 unspecified atom stereocenters. The van der Waals surface area contributed by atoms with Gasteiger partial charge in [-0.2, -0.15) is 0 Å². The second kappa shape index (κ2) is 3.86. The van der Waals surface area contributed by atoms with Gasteiger partial charge in [0.15, 0.2) is 11.5 Å². The van der Waals surface area contributed by atoms with Crippen molar-refractivity contribution in [1.82, 2.24) is 14.6 Å². The average Bonchev–Trinajstić information content (AvgIpc) is 2.75. The molecule has 3 rings (SSSR count). The zero-order chi connectivity index (χ0) is 11.8. The van der Waals surface area contributed by atoms with Gasteiger partial charge >= 0.3 is 0 Å². The minimum absolute atomic E-state index is 0.610. The normalized spacial score (nSPS) is 10.9. The molecule has 3 nitrogen and oxygen atoms in total. The van der Waals surface area contributed by atoms with Crippen LogP contribution in [0.15, 0.2) is 42.6 Å². The van der Waals surface area contributed by atoms with Crippen molar-refractivity contribution in [1.29, 1.82) is 0 Å². The van der Waals surface area contributed by atoms with E-state index in [9.17, 15) is 0 Å². The maximum atomic E-state index is 6.06. The molecule has 4 heteroatoms. The molecule has 0 bridgehead atoms. The molecule has 2 heterocycles. The first-order valence-corrected chi connectivity index (χ1v) is 5.70. The second-order valence-corrected chi connectivity index (χ2v) is 4.35. The largest absolute Gasteiger partial charge is 0.281 e. The highest BCUT2D eigenvalue weighted by molar-refractivity contribution is 6.33. The molecular formula is C13H10ClN3. The number of aromatic nitrogens is 3. The minimum Gasteiger partial charge on any atom is -0.281 e. The van der Waals surface area contributed by atoms with Crippen LogP contribution in [0, 0.1) is 6.92 Å². The Morgan fingerprint density at radius 2 is 1.82 bits per heavy atom. The van der Waals surface area contributed by atoms with Gasteiger partial charge in [0.2, 0.25) is 0 Å². The summed E-state index contributed by atoms with van der Waals surface area (Å²) in [6, 6.07) is 11.9. The molecule has 17 heavy (non-hydrogen) atoms. The standard InChI is InChI=1S/C13H10ClN3/c1-9-4-6-10(7-5-9)12-15-16-13-11(14)3-2-8-17(12)13/h2-8H,1H3. The van der Waals surface area contributed by atoms with E-state index in [1.165, 1.54) is 5.56 Å². The maximum Gasteiger partial charge on any atom is 0.179 e. The van der Waals surface area contributed by atoms with E-state index in [4.69, 9.17) is 11.6 Å². The fourth-order valence-electron chi connectivity index (χ4n) is 1.78. The van der Waals surface area contributed by atoms with Gasteiger partial charge in [-0.3, -0.25) is 4.40 Å². The van der Waals surface area contributed by atoms with Crippen LogP contribution >= 0.6 is 11.6 Å². The SMILES string of the molecule is Cc1ccc(-c2nnc3c(Cl)cccn23)cc1. The minimum atomic E-state index is 0.610. The van der Waals surface area contributed by atoms with Crippen LogP contribution in [-0.4, -0.2) is 14.6 Å². The summed E-state index contributed by atoms with van der Waals surface area (Å²) >= 11 is 6.06. The number of hydrogen-bond donors (Lipinski definition) is 0. The van der Waals surface area contributed by atoms with Crippen LogP contribution in [-0.2, 0) is 0 Å². The van der Waals surface area contributed by atoms with Crippen molar-refractivity contribution in [2.45, 2.75) is 6.92 Å². The predicted octanol–water partition coefficient (Wildman–Crippen LogP) is 3.36. The third-order valence-electron chi connectivity index (χ3n) is 2.70. The molecule has 0 radical (unpaired) electrons. The van der Waals surface area contributed by atoms with Crippen LogP contribution in [0.3, 0.4) is 0 Å². The lowest BCUT2D eigenvalue weighted by atomic mass is 10.1. The van der Waals surface area contributed by atoms with Crippen LogP contribution in [0.25, 0.3) is 17.0 Å². The molecule has 0 aliphatic carbocycles. The van der Waals surface area contributed by atoms with Gasteiger partial charge in [0, 0.05) is 11.8 Å². The molecular weight excluding hydrogens is 234 g/mol. The van der Waals surface area contributed by atoms with E-state index in [0.717, 1.165) is 11.4 Å². The number of rotatable bonds is 1. The first-order valence-electron chi connectivity index (χ1n) is 5.32. The van der Waals surface area contributed by atoms with Crippen molar-refractivity contribution in [2.75, 3.05) is 0 Å². The molecule has 1 aromatic carbocycles. The van der Waals surface area contributed by atoms with Crippen LogP contribution in [0.4, 0.5) is 0 Å². The van der Waals surface area contributed by atoms with E-state index >= 15 is 0 Å². The van der Waals surface area contributed by atoms with E-state index < -0.39 is 0 Å². The number of benzene rings is 1. The third-order valence-corrected chi connectivity index (χ3v) is 2.99. The summed E-state index contributed by atoms with van der Waals surface area (Å²) in [6.45, 7) is 2.06. The fraction of sp³-hybridized carbons (Fsp3) is 0.0769. The topological polar surface area (TPSA) is 30.2 Å². The Kier molecular flexibility index (Phi) is 2.34. The Hall–Kier alpha value is -1.87. The predicted molar refractivity (Wildman–Crippen MR) is 68.2 cm³/mol. The summed E-state index contributed by atoms with van der Waals surface area (Å²) in [4.78, 5) is 0. The zero-order valence-corrected chi connectivity index (χ0v) is 10.0. The third kappa shape index (κ3) is 1.68. The van der Waals surface area contributed by atoms with Crippen molar-refractivity contribution < 1.29 is 0 Å². The second-order valence-electron chi connectivity index (χ2n) is 3.94. The molecule has 0 amide bonds. The van der Waals surface area contributed by atoms with Gasteiger partial charge < -0.3 is 0 Å². The smallest absolute Gasteiger partial charge is 0.179 e. The first-order chi connectivity index (χ1) is 8.25. The van der Waals surface area contributed by atoms with E-state index in [0.29, 0.717) is 10.7 Å². The van der Waals surface area contributed by atoms with E-state index in [2.05, 4.69) is 29.3 Å². The molecule has 0 aliphatic heterocycles. The van der Waals surface area contributed by atoms with Gasteiger partial charge in [-0.1, -0.05) is 41.4 Å². The van der Waals surface area contributed by atoms with Crippen molar-refractivity contribution >= 4 is 17.2 Å². The van der Waals surface area contributed by atoms with Gasteiger partial charge in [-0.05, 0) is 19.1 Å². The molecule has 0 spiro atoms. The van der Waals surface area contributed by atoms with Gasteiger partial charge in [-0.25, -0.2) is 0 Å². The maximum absolute atomic E-state index is 6.06. The van der Waals surface area contributed by atoms with Gasteiger partial charge in [0.05, 0.1) is 5.02 Å². The number of halogens is 1. The number of nitrogens with zero attached hydrogens (tertiary/aromatic N) is 3. The zero-order valence-electron chi connectivity index (χ0n) is 9.26. The summed E-state index contributed by atoms with van der Waals surface area (Å²) in [5.74, 6) is 0.808. The first kappa shape index (κ1) is 10.3. The van der Waals surface area contributed by atoms with Crippen LogP contribution < -0.4 is 0 Å². The van der Waals surface area contributed by atoms with Crippen LogP contribution in [0.2, 0.25) is 5.02 Å².